The Morgan fingerprint density at radius 1 is 1.47 bits per heavy atom. The fraction of sp³-hybridized carbons (Fsp3) is 0.286. The summed E-state index contributed by atoms with van der Waals surface area (Å²) in [5.41, 5.74) is 8.11. The zero-order valence-corrected chi connectivity index (χ0v) is 11.0. The Balaban J connectivity index is 2.32. The van der Waals surface area contributed by atoms with Crippen LogP contribution in [0, 0.1) is 6.92 Å². The van der Waals surface area contributed by atoms with E-state index in [0.29, 0.717) is 0 Å². The van der Waals surface area contributed by atoms with E-state index in [0.717, 1.165) is 22.3 Å². The number of aryl methyl sites for hydroxylation is 1. The molecule has 0 aliphatic heterocycles. The van der Waals surface area contributed by atoms with Crippen molar-refractivity contribution in [2.45, 2.75) is 13.0 Å². The summed E-state index contributed by atoms with van der Waals surface area (Å²) in [6.45, 7) is 2.07. The van der Waals surface area contributed by atoms with E-state index in [1.807, 2.05) is 37.3 Å². The number of carbonyl (C=O) groups is 1. The molecule has 1 unspecified atom stereocenters. The molecule has 1 aromatic heterocycles. The number of fused-ring (bicyclic) bond motifs is 1. The molecule has 1 aromatic carbocycles. The number of hydrogen-bond donors (Lipinski definition) is 2. The molecule has 2 rings (SSSR count). The summed E-state index contributed by atoms with van der Waals surface area (Å²) in [5.74, 6) is -0.266. The molecule has 0 aliphatic carbocycles. The van der Waals surface area contributed by atoms with Crippen LogP contribution in [0.1, 0.15) is 5.69 Å². The second-order valence-corrected chi connectivity index (χ2v) is 4.38. The number of nitrogens with two attached hydrogens (primary N) is 1. The Kier molecular flexibility index (Phi) is 4.09. The standard InChI is InChI=1S/C14H17N3O2/c1-9-7-13(17-14(18)11(15)8-19-2)10-5-3-4-6-12(10)16-9/h3-7,11H,8,15H2,1-2H3,(H,16,17,18). The van der Waals surface area contributed by atoms with Gasteiger partial charge >= 0.3 is 0 Å². The van der Waals surface area contributed by atoms with Crippen molar-refractivity contribution in [2.75, 3.05) is 19.0 Å². The van der Waals surface area contributed by atoms with Crippen LogP contribution in [0.25, 0.3) is 10.9 Å². The summed E-state index contributed by atoms with van der Waals surface area (Å²) < 4.78 is 4.88. The molecule has 0 fully saturated rings. The average molecular weight is 259 g/mol. The number of rotatable bonds is 4. The van der Waals surface area contributed by atoms with E-state index < -0.39 is 6.04 Å². The minimum atomic E-state index is -0.683. The van der Waals surface area contributed by atoms with Gasteiger partial charge in [0.15, 0.2) is 0 Å². The van der Waals surface area contributed by atoms with Crippen molar-refractivity contribution >= 4 is 22.5 Å². The lowest BCUT2D eigenvalue weighted by Gasteiger charge is -2.13. The van der Waals surface area contributed by atoms with Gasteiger partial charge < -0.3 is 15.8 Å². The van der Waals surface area contributed by atoms with E-state index in [1.165, 1.54) is 7.11 Å². The molecule has 19 heavy (non-hydrogen) atoms. The molecule has 0 radical (unpaired) electrons. The number of hydrogen-bond acceptors (Lipinski definition) is 4. The third-order valence-electron chi connectivity index (χ3n) is 2.79. The quantitative estimate of drug-likeness (QED) is 0.871. The van der Waals surface area contributed by atoms with Gasteiger partial charge in [-0.15, -0.1) is 0 Å². The summed E-state index contributed by atoms with van der Waals surface area (Å²) in [4.78, 5) is 16.3. The molecule has 1 atom stereocenters. The van der Waals surface area contributed by atoms with Crippen molar-refractivity contribution in [2.24, 2.45) is 5.73 Å². The first-order valence-corrected chi connectivity index (χ1v) is 6.03. The second kappa shape index (κ2) is 5.77. The molecule has 1 amide bonds. The number of pyridine rings is 1. The van der Waals surface area contributed by atoms with Crippen molar-refractivity contribution in [3.8, 4) is 0 Å². The van der Waals surface area contributed by atoms with Crippen molar-refractivity contribution in [3.05, 3.63) is 36.0 Å². The van der Waals surface area contributed by atoms with Crippen LogP contribution in [0.5, 0.6) is 0 Å². The van der Waals surface area contributed by atoms with Gasteiger partial charge in [0.2, 0.25) is 5.91 Å². The van der Waals surface area contributed by atoms with Gasteiger partial charge in [-0.3, -0.25) is 9.78 Å². The monoisotopic (exact) mass is 259 g/mol. The first-order valence-electron chi connectivity index (χ1n) is 6.03. The Hall–Kier alpha value is -1.98. The van der Waals surface area contributed by atoms with Crippen LogP contribution in [0.2, 0.25) is 0 Å². The Labute approximate surface area is 111 Å². The lowest BCUT2D eigenvalue weighted by atomic mass is 10.1. The molecule has 3 N–H and O–H groups in total. The molecule has 0 bridgehead atoms. The Bertz CT molecular complexity index is 598. The highest BCUT2D eigenvalue weighted by Gasteiger charge is 2.14. The van der Waals surface area contributed by atoms with Crippen LogP contribution in [-0.2, 0) is 9.53 Å². The average Bonchev–Trinajstić information content (AvgIpc) is 2.38. The molecule has 0 aliphatic rings. The number of benzene rings is 1. The normalized spacial score (nSPS) is 12.4. The van der Waals surface area contributed by atoms with Crippen molar-refractivity contribution in [3.63, 3.8) is 0 Å². The number of carbonyl (C=O) groups excluding carboxylic acids is 1. The maximum absolute atomic E-state index is 11.9. The molecule has 0 saturated heterocycles. The van der Waals surface area contributed by atoms with Gasteiger partial charge in [-0.2, -0.15) is 0 Å². The minimum Gasteiger partial charge on any atom is -0.383 e. The number of amides is 1. The summed E-state index contributed by atoms with van der Waals surface area (Å²) in [6, 6.07) is 8.80. The van der Waals surface area contributed by atoms with E-state index in [4.69, 9.17) is 10.5 Å². The number of anilines is 1. The SMILES string of the molecule is COCC(N)C(=O)Nc1cc(C)nc2ccccc12. The van der Waals surface area contributed by atoms with Gasteiger partial charge in [0, 0.05) is 18.2 Å². The Morgan fingerprint density at radius 2 is 2.21 bits per heavy atom. The predicted octanol–water partition coefficient (Wildman–Crippen LogP) is 1.46. The summed E-state index contributed by atoms with van der Waals surface area (Å²) >= 11 is 0. The second-order valence-electron chi connectivity index (χ2n) is 4.38. The van der Waals surface area contributed by atoms with E-state index in [9.17, 15) is 4.79 Å². The van der Waals surface area contributed by atoms with Crippen LogP contribution in [-0.4, -0.2) is 30.6 Å². The number of ether oxygens (including phenoxy) is 1. The van der Waals surface area contributed by atoms with E-state index >= 15 is 0 Å². The first-order chi connectivity index (χ1) is 9.11. The largest absolute Gasteiger partial charge is 0.383 e. The first kappa shape index (κ1) is 13.5. The maximum Gasteiger partial charge on any atom is 0.243 e. The number of nitrogens with one attached hydrogen (secondary N) is 1. The highest BCUT2D eigenvalue weighted by atomic mass is 16.5. The van der Waals surface area contributed by atoms with Gasteiger partial charge in [0.05, 0.1) is 17.8 Å². The van der Waals surface area contributed by atoms with Crippen LogP contribution < -0.4 is 11.1 Å². The lowest BCUT2D eigenvalue weighted by molar-refractivity contribution is -0.118. The van der Waals surface area contributed by atoms with Gasteiger partial charge in [-0.05, 0) is 19.1 Å². The summed E-state index contributed by atoms with van der Waals surface area (Å²) in [7, 11) is 1.51. The molecule has 5 nitrogen and oxygen atoms in total. The van der Waals surface area contributed by atoms with Crippen LogP contribution in [0.3, 0.4) is 0 Å². The van der Waals surface area contributed by atoms with Gasteiger partial charge in [0.1, 0.15) is 6.04 Å². The van der Waals surface area contributed by atoms with E-state index in [2.05, 4.69) is 10.3 Å². The lowest BCUT2D eigenvalue weighted by Crippen LogP contribution is -2.39. The molecule has 2 aromatic rings. The molecular weight excluding hydrogens is 242 g/mol. The van der Waals surface area contributed by atoms with Crippen LogP contribution in [0.4, 0.5) is 5.69 Å². The predicted molar refractivity (Wildman–Crippen MR) is 75.0 cm³/mol. The van der Waals surface area contributed by atoms with Crippen molar-refractivity contribution in [1.29, 1.82) is 0 Å². The highest BCUT2D eigenvalue weighted by molar-refractivity contribution is 6.02. The van der Waals surface area contributed by atoms with Gasteiger partial charge in [-0.25, -0.2) is 0 Å². The van der Waals surface area contributed by atoms with Crippen LogP contribution >= 0.6 is 0 Å². The van der Waals surface area contributed by atoms with Gasteiger partial charge in [0.25, 0.3) is 0 Å². The number of nitrogens with zero attached hydrogens (tertiary/aromatic N) is 1. The maximum atomic E-state index is 11.9. The third-order valence-corrected chi connectivity index (χ3v) is 2.79. The Morgan fingerprint density at radius 3 is 2.95 bits per heavy atom. The van der Waals surface area contributed by atoms with Crippen molar-refractivity contribution in [1.82, 2.24) is 4.98 Å². The molecular formula is C14H17N3O2. The zero-order valence-electron chi connectivity index (χ0n) is 11.0. The summed E-state index contributed by atoms with van der Waals surface area (Å²) in [5, 5.41) is 3.72. The molecule has 0 saturated carbocycles. The number of aromatic nitrogens is 1. The van der Waals surface area contributed by atoms with Crippen molar-refractivity contribution < 1.29 is 9.53 Å². The highest BCUT2D eigenvalue weighted by Crippen LogP contribution is 2.22. The fourth-order valence-electron chi connectivity index (χ4n) is 1.89. The minimum absolute atomic E-state index is 0.188. The van der Waals surface area contributed by atoms with E-state index in [-0.39, 0.29) is 12.5 Å². The van der Waals surface area contributed by atoms with E-state index in [1.54, 1.807) is 0 Å². The fourth-order valence-corrected chi connectivity index (χ4v) is 1.89. The smallest absolute Gasteiger partial charge is 0.243 e. The molecule has 100 valence electrons. The van der Waals surface area contributed by atoms with Gasteiger partial charge in [-0.1, -0.05) is 18.2 Å². The van der Waals surface area contributed by atoms with Crippen LogP contribution in [0.15, 0.2) is 30.3 Å². The number of para-hydroxylation sites is 1. The zero-order chi connectivity index (χ0) is 13.8. The molecule has 0 spiro atoms. The topological polar surface area (TPSA) is 77.2 Å². The molecule has 1 heterocycles. The molecule has 5 heteroatoms. The number of methoxy groups -OCH3 is 1. The third kappa shape index (κ3) is 3.07. The summed E-state index contributed by atoms with van der Waals surface area (Å²) in [6.07, 6.45) is 0.